The third kappa shape index (κ3) is 1.40. The second-order valence-electron chi connectivity index (χ2n) is 2.54. The number of hydrogen-bond donors (Lipinski definition) is 0. The molecule has 1 rings (SSSR count). The first-order valence-corrected chi connectivity index (χ1v) is 4.20. The van der Waals surface area contributed by atoms with Gasteiger partial charge >= 0.3 is 0 Å². The molecular weight excluding hydrogens is 146 g/mol. The summed E-state index contributed by atoms with van der Waals surface area (Å²) in [6.07, 6.45) is 0. The number of carbonyl (C=O) groups excluding carboxylic acids is 1. The van der Waals surface area contributed by atoms with E-state index in [1.54, 1.807) is 18.7 Å². The molecule has 0 saturated heterocycles. The van der Waals surface area contributed by atoms with Gasteiger partial charge in [0.25, 0.3) is 0 Å². The fourth-order valence-corrected chi connectivity index (χ4v) is 2.11. The Balaban J connectivity index is 2.63. The summed E-state index contributed by atoms with van der Waals surface area (Å²) >= 11 is 1.58. The van der Waals surface area contributed by atoms with Crippen molar-refractivity contribution in [2.45, 2.75) is 32.1 Å². The number of Topliss-reactive ketones (excluding diaryl/α,β-unsaturated/α-hetero) is 1. The average Bonchev–Trinajstić information content (AvgIpc) is 2.10. The monoisotopic (exact) mass is 157 g/mol. The molecule has 0 spiro atoms. The molecule has 0 saturated carbocycles. The summed E-state index contributed by atoms with van der Waals surface area (Å²) in [6, 6.07) is 0.183. The summed E-state index contributed by atoms with van der Waals surface area (Å²) in [5.74, 6) is 0.234. The molecule has 2 unspecified atom stereocenters. The van der Waals surface area contributed by atoms with Gasteiger partial charge in [-0.2, -0.15) is 0 Å². The highest BCUT2D eigenvalue weighted by Crippen LogP contribution is 2.26. The van der Waals surface area contributed by atoms with Gasteiger partial charge in [-0.1, -0.05) is 11.8 Å². The normalized spacial score (nSPS) is 32.1. The van der Waals surface area contributed by atoms with Gasteiger partial charge in [-0.3, -0.25) is 9.79 Å². The predicted molar refractivity (Wildman–Crippen MR) is 44.6 cm³/mol. The van der Waals surface area contributed by atoms with E-state index < -0.39 is 0 Å². The predicted octanol–water partition coefficient (Wildman–Crippen LogP) is 1.50. The minimum Gasteiger partial charge on any atom is -0.299 e. The molecule has 10 heavy (non-hydrogen) atoms. The molecule has 1 aliphatic heterocycles. The van der Waals surface area contributed by atoms with Crippen molar-refractivity contribution in [3.63, 3.8) is 0 Å². The number of rotatable bonds is 1. The topological polar surface area (TPSA) is 29.4 Å². The summed E-state index contributed by atoms with van der Waals surface area (Å²) in [5, 5.41) is 1.12. The molecular formula is C7H11NOS. The zero-order valence-corrected chi connectivity index (χ0v) is 7.23. The number of hydrogen-bond acceptors (Lipinski definition) is 3. The molecule has 0 aliphatic carbocycles. The van der Waals surface area contributed by atoms with Crippen LogP contribution in [0.4, 0.5) is 0 Å². The van der Waals surface area contributed by atoms with E-state index in [1.165, 1.54) is 0 Å². The lowest BCUT2D eigenvalue weighted by Gasteiger charge is -2.06. The number of ketones is 1. The van der Waals surface area contributed by atoms with E-state index in [2.05, 4.69) is 4.99 Å². The fourth-order valence-electron chi connectivity index (χ4n) is 1.09. The van der Waals surface area contributed by atoms with Crippen molar-refractivity contribution in [2.75, 3.05) is 0 Å². The van der Waals surface area contributed by atoms with Crippen LogP contribution in [-0.2, 0) is 4.79 Å². The summed E-state index contributed by atoms with van der Waals surface area (Å²) in [6.45, 7) is 5.56. The van der Waals surface area contributed by atoms with Crippen LogP contribution >= 0.6 is 11.8 Å². The minimum absolute atomic E-state index is 0.0833. The maximum Gasteiger partial charge on any atom is 0.145 e. The van der Waals surface area contributed by atoms with Crippen LogP contribution in [0.25, 0.3) is 0 Å². The maximum absolute atomic E-state index is 10.9. The van der Waals surface area contributed by atoms with Crippen molar-refractivity contribution >= 4 is 22.6 Å². The summed E-state index contributed by atoms with van der Waals surface area (Å²) in [7, 11) is 0. The third-order valence-corrected chi connectivity index (χ3v) is 2.95. The summed E-state index contributed by atoms with van der Waals surface area (Å²) in [4.78, 5) is 15.2. The van der Waals surface area contributed by atoms with Crippen molar-refractivity contribution in [1.29, 1.82) is 0 Å². The van der Waals surface area contributed by atoms with E-state index in [0.29, 0.717) is 0 Å². The van der Waals surface area contributed by atoms with Crippen LogP contribution in [0, 0.1) is 0 Å². The van der Waals surface area contributed by atoms with Crippen LogP contribution in [-0.4, -0.2) is 22.1 Å². The number of nitrogens with zero attached hydrogens (tertiary/aromatic N) is 1. The molecule has 3 heteroatoms. The highest BCUT2D eigenvalue weighted by Gasteiger charge is 2.27. The quantitative estimate of drug-likeness (QED) is 0.577. The Kier molecular flexibility index (Phi) is 2.14. The van der Waals surface area contributed by atoms with Gasteiger partial charge in [0.1, 0.15) is 5.78 Å². The van der Waals surface area contributed by atoms with Crippen molar-refractivity contribution in [1.82, 2.24) is 0 Å². The Morgan fingerprint density at radius 2 is 2.30 bits per heavy atom. The lowest BCUT2D eigenvalue weighted by Crippen LogP contribution is -2.21. The second-order valence-corrected chi connectivity index (χ2v) is 3.87. The van der Waals surface area contributed by atoms with Gasteiger partial charge in [0.2, 0.25) is 0 Å². The zero-order chi connectivity index (χ0) is 7.72. The molecule has 0 aromatic rings. The molecule has 0 bridgehead atoms. The standard InChI is InChI=1S/C7H11NOS/c1-4-7(5(2)9)10-6(3)8-4/h4,7H,1-3H3. The van der Waals surface area contributed by atoms with Gasteiger partial charge in [-0.25, -0.2) is 0 Å². The van der Waals surface area contributed by atoms with Crippen molar-refractivity contribution in [3.05, 3.63) is 0 Å². The van der Waals surface area contributed by atoms with Crippen LogP contribution in [0.3, 0.4) is 0 Å². The molecule has 2 atom stereocenters. The van der Waals surface area contributed by atoms with E-state index in [-0.39, 0.29) is 17.1 Å². The van der Waals surface area contributed by atoms with Crippen LogP contribution in [0.1, 0.15) is 20.8 Å². The lowest BCUT2D eigenvalue weighted by atomic mass is 10.2. The molecule has 0 radical (unpaired) electrons. The van der Waals surface area contributed by atoms with Crippen molar-refractivity contribution in [2.24, 2.45) is 4.99 Å². The van der Waals surface area contributed by atoms with Gasteiger partial charge in [0.15, 0.2) is 0 Å². The van der Waals surface area contributed by atoms with Crippen molar-refractivity contribution < 1.29 is 4.79 Å². The van der Waals surface area contributed by atoms with Crippen LogP contribution in [0.15, 0.2) is 4.99 Å². The molecule has 1 aliphatic rings. The van der Waals surface area contributed by atoms with E-state index in [1.807, 2.05) is 13.8 Å². The van der Waals surface area contributed by atoms with E-state index in [0.717, 1.165) is 5.04 Å². The van der Waals surface area contributed by atoms with E-state index in [9.17, 15) is 4.79 Å². The van der Waals surface area contributed by atoms with E-state index in [4.69, 9.17) is 0 Å². The Morgan fingerprint density at radius 1 is 1.70 bits per heavy atom. The highest BCUT2D eigenvalue weighted by atomic mass is 32.2. The number of aliphatic imine (C=N–C) groups is 1. The Labute approximate surface area is 65.1 Å². The van der Waals surface area contributed by atoms with Gasteiger partial charge in [-0.05, 0) is 20.8 Å². The Morgan fingerprint density at radius 3 is 2.50 bits per heavy atom. The SMILES string of the molecule is CC(=O)C1SC(C)=NC1C. The second kappa shape index (κ2) is 2.74. The van der Waals surface area contributed by atoms with E-state index >= 15 is 0 Å². The largest absolute Gasteiger partial charge is 0.299 e. The summed E-state index contributed by atoms with van der Waals surface area (Å²) in [5.41, 5.74) is 0. The summed E-state index contributed by atoms with van der Waals surface area (Å²) < 4.78 is 0. The van der Waals surface area contributed by atoms with Crippen molar-refractivity contribution in [3.8, 4) is 0 Å². The molecule has 56 valence electrons. The first kappa shape index (κ1) is 7.79. The highest BCUT2D eigenvalue weighted by molar-refractivity contribution is 8.15. The maximum atomic E-state index is 10.9. The molecule has 0 N–H and O–H groups in total. The molecule has 0 amide bonds. The average molecular weight is 157 g/mol. The van der Waals surface area contributed by atoms with Gasteiger partial charge < -0.3 is 0 Å². The first-order chi connectivity index (χ1) is 4.61. The Bertz CT molecular complexity index is 188. The third-order valence-electron chi connectivity index (χ3n) is 1.52. The molecule has 0 fully saturated rings. The first-order valence-electron chi connectivity index (χ1n) is 3.33. The Hall–Kier alpha value is -0.310. The number of thioether (sulfide) groups is 1. The van der Waals surface area contributed by atoms with Gasteiger partial charge in [0.05, 0.1) is 16.3 Å². The minimum atomic E-state index is 0.0833. The van der Waals surface area contributed by atoms with Gasteiger partial charge in [0, 0.05) is 0 Å². The lowest BCUT2D eigenvalue weighted by molar-refractivity contribution is -0.116. The molecule has 0 aromatic carbocycles. The zero-order valence-electron chi connectivity index (χ0n) is 6.42. The van der Waals surface area contributed by atoms with Crippen LogP contribution in [0.5, 0.6) is 0 Å². The number of carbonyl (C=O) groups is 1. The van der Waals surface area contributed by atoms with Crippen LogP contribution < -0.4 is 0 Å². The van der Waals surface area contributed by atoms with Crippen LogP contribution in [0.2, 0.25) is 0 Å². The van der Waals surface area contributed by atoms with Gasteiger partial charge in [-0.15, -0.1) is 0 Å². The molecule has 1 heterocycles. The smallest absolute Gasteiger partial charge is 0.145 e. The molecule has 2 nitrogen and oxygen atoms in total. The molecule has 0 aromatic heterocycles. The fraction of sp³-hybridized carbons (Fsp3) is 0.714.